The number of rotatable bonds is 26. The summed E-state index contributed by atoms with van der Waals surface area (Å²) in [6, 6.07) is 0. The fourth-order valence-corrected chi connectivity index (χ4v) is 4.96. The van der Waals surface area contributed by atoms with E-state index in [9.17, 15) is 0 Å². The van der Waals surface area contributed by atoms with Crippen LogP contribution in [0.5, 0.6) is 0 Å². The molecule has 0 amide bonds. The first kappa shape index (κ1) is 30.0. The van der Waals surface area contributed by atoms with Gasteiger partial charge in [-0.25, -0.2) is 0 Å². The van der Waals surface area contributed by atoms with Crippen molar-refractivity contribution in [2.24, 2.45) is 5.92 Å². The largest absolute Gasteiger partial charge is 0.0654 e. The fourth-order valence-electron chi connectivity index (χ4n) is 4.96. The van der Waals surface area contributed by atoms with Crippen molar-refractivity contribution in [2.75, 3.05) is 0 Å². The summed E-state index contributed by atoms with van der Waals surface area (Å²) in [4.78, 5) is 0. The van der Waals surface area contributed by atoms with Crippen LogP contribution in [0.3, 0.4) is 0 Å². The third-order valence-corrected chi connectivity index (χ3v) is 7.15. The highest BCUT2D eigenvalue weighted by Gasteiger charge is 2.08. The summed E-state index contributed by atoms with van der Waals surface area (Å²) >= 11 is 0. The first-order valence-electron chi connectivity index (χ1n) is 14.8. The minimum Gasteiger partial charge on any atom is -0.0654 e. The highest BCUT2D eigenvalue weighted by Crippen LogP contribution is 2.24. The molecule has 0 aromatic rings. The van der Waals surface area contributed by atoms with Gasteiger partial charge in [-0.05, 0) is 5.92 Å². The van der Waals surface area contributed by atoms with E-state index in [2.05, 4.69) is 20.8 Å². The quantitative estimate of drug-likeness (QED) is 0.122. The molecule has 0 saturated heterocycles. The fraction of sp³-hybridized carbons (Fsp3) is 1.00. The van der Waals surface area contributed by atoms with E-state index in [1.165, 1.54) is 167 Å². The summed E-state index contributed by atoms with van der Waals surface area (Å²) in [5.41, 5.74) is 0. The lowest BCUT2D eigenvalue weighted by Gasteiger charge is -2.17. The van der Waals surface area contributed by atoms with E-state index in [-0.39, 0.29) is 0 Å². The van der Waals surface area contributed by atoms with Crippen LogP contribution in [0.4, 0.5) is 0 Å². The smallest absolute Gasteiger partial charge is 0.0414 e. The summed E-state index contributed by atoms with van der Waals surface area (Å²) in [7, 11) is 0. The minimum atomic E-state index is 1.04. The summed E-state index contributed by atoms with van der Waals surface area (Å²) in [6.07, 6.45) is 38.3. The van der Waals surface area contributed by atoms with Crippen molar-refractivity contribution >= 4 is 0 Å². The zero-order chi connectivity index (χ0) is 22.0. The van der Waals surface area contributed by atoms with Crippen LogP contribution in [0, 0.1) is 5.92 Å². The van der Waals surface area contributed by atoms with Gasteiger partial charge in [-0.1, -0.05) is 188 Å². The first-order chi connectivity index (χ1) is 14.8. The third-order valence-electron chi connectivity index (χ3n) is 7.15. The lowest BCUT2D eigenvalue weighted by atomic mass is 9.89. The first-order valence-corrected chi connectivity index (χ1v) is 14.8. The van der Waals surface area contributed by atoms with Crippen LogP contribution in [0.2, 0.25) is 0 Å². The van der Waals surface area contributed by atoms with E-state index in [0.717, 1.165) is 5.92 Å². The second-order valence-corrected chi connectivity index (χ2v) is 10.3. The Kier molecular flexibility index (Phi) is 27.0. The molecular weight excluding hydrogens is 360 g/mol. The maximum absolute atomic E-state index is 2.34. The van der Waals surface area contributed by atoms with Gasteiger partial charge in [-0.2, -0.15) is 0 Å². The van der Waals surface area contributed by atoms with Crippen LogP contribution in [-0.2, 0) is 0 Å². The van der Waals surface area contributed by atoms with Crippen molar-refractivity contribution in [3.8, 4) is 0 Å². The Hall–Kier alpha value is 0. The Labute approximate surface area is 193 Å². The molecule has 1 unspecified atom stereocenters. The number of hydrogen-bond donors (Lipinski definition) is 0. The van der Waals surface area contributed by atoms with Crippen molar-refractivity contribution in [1.29, 1.82) is 0 Å². The second-order valence-electron chi connectivity index (χ2n) is 10.3. The third kappa shape index (κ3) is 24.3. The zero-order valence-electron chi connectivity index (χ0n) is 22.0. The predicted molar refractivity (Wildman–Crippen MR) is 141 cm³/mol. The molecule has 182 valence electrons. The Balaban J connectivity index is 3.51. The van der Waals surface area contributed by atoms with E-state index < -0.39 is 0 Å². The summed E-state index contributed by atoms with van der Waals surface area (Å²) in [5.74, 6) is 1.04. The molecule has 0 saturated carbocycles. The topological polar surface area (TPSA) is 0 Å². The van der Waals surface area contributed by atoms with Crippen LogP contribution >= 0.6 is 0 Å². The molecule has 0 aliphatic heterocycles. The molecule has 0 heterocycles. The van der Waals surface area contributed by atoms with Gasteiger partial charge in [0, 0.05) is 0 Å². The van der Waals surface area contributed by atoms with Gasteiger partial charge in [0.15, 0.2) is 0 Å². The highest BCUT2D eigenvalue weighted by molar-refractivity contribution is 4.62. The Morgan fingerprint density at radius 2 is 0.467 bits per heavy atom. The molecule has 0 aliphatic rings. The van der Waals surface area contributed by atoms with Crippen molar-refractivity contribution in [3.63, 3.8) is 0 Å². The summed E-state index contributed by atoms with van der Waals surface area (Å²) < 4.78 is 0. The van der Waals surface area contributed by atoms with Gasteiger partial charge in [0.25, 0.3) is 0 Å². The lowest BCUT2D eigenvalue weighted by molar-refractivity contribution is 0.367. The Bertz CT molecular complexity index is 282. The standard InChI is InChI=1S/C30H62/c1-4-7-10-12-14-15-16-17-18-19-20-21-23-26-29-30(27-24-9-6-3)28-25-22-13-11-8-5-2/h30H,4-29H2,1-3H3. The minimum absolute atomic E-state index is 1.04. The maximum Gasteiger partial charge on any atom is -0.0414 e. The average molecular weight is 423 g/mol. The molecule has 0 aromatic carbocycles. The molecule has 0 heteroatoms. The van der Waals surface area contributed by atoms with Crippen LogP contribution < -0.4 is 0 Å². The lowest BCUT2D eigenvalue weighted by Crippen LogP contribution is -2.01. The molecule has 0 aromatic heterocycles. The molecule has 0 bridgehead atoms. The van der Waals surface area contributed by atoms with Crippen LogP contribution in [-0.4, -0.2) is 0 Å². The normalized spacial score (nSPS) is 12.5. The monoisotopic (exact) mass is 422 g/mol. The molecule has 0 rings (SSSR count). The molecule has 0 aliphatic carbocycles. The van der Waals surface area contributed by atoms with E-state index in [4.69, 9.17) is 0 Å². The van der Waals surface area contributed by atoms with Gasteiger partial charge < -0.3 is 0 Å². The average Bonchev–Trinajstić information content (AvgIpc) is 2.76. The van der Waals surface area contributed by atoms with Gasteiger partial charge in [0.05, 0.1) is 0 Å². The van der Waals surface area contributed by atoms with E-state index >= 15 is 0 Å². The van der Waals surface area contributed by atoms with E-state index in [1.807, 2.05) is 0 Å². The molecule has 0 spiro atoms. The molecule has 1 atom stereocenters. The van der Waals surface area contributed by atoms with Crippen LogP contribution in [0.25, 0.3) is 0 Å². The van der Waals surface area contributed by atoms with Gasteiger partial charge in [0.2, 0.25) is 0 Å². The van der Waals surface area contributed by atoms with Crippen LogP contribution in [0.15, 0.2) is 0 Å². The summed E-state index contributed by atoms with van der Waals surface area (Å²) in [6.45, 7) is 6.97. The maximum atomic E-state index is 2.34. The van der Waals surface area contributed by atoms with Gasteiger partial charge >= 0.3 is 0 Å². The van der Waals surface area contributed by atoms with Crippen molar-refractivity contribution in [1.82, 2.24) is 0 Å². The second kappa shape index (κ2) is 27.0. The Morgan fingerprint density at radius 1 is 0.267 bits per heavy atom. The molecule has 0 radical (unpaired) electrons. The SMILES string of the molecule is CCCCCCCCCCCCCCCCC(CCCCC)CCCCCCCC. The summed E-state index contributed by atoms with van der Waals surface area (Å²) in [5, 5.41) is 0. The van der Waals surface area contributed by atoms with Crippen molar-refractivity contribution in [3.05, 3.63) is 0 Å². The molecular formula is C30H62. The van der Waals surface area contributed by atoms with Gasteiger partial charge in [0.1, 0.15) is 0 Å². The molecule has 0 N–H and O–H groups in total. The highest BCUT2D eigenvalue weighted by atomic mass is 14.1. The van der Waals surface area contributed by atoms with Gasteiger partial charge in [-0.3, -0.25) is 0 Å². The van der Waals surface area contributed by atoms with Crippen LogP contribution in [0.1, 0.15) is 188 Å². The molecule has 0 nitrogen and oxygen atoms in total. The predicted octanol–water partition coefficient (Wildman–Crippen LogP) is 11.8. The number of unbranched alkanes of at least 4 members (excludes halogenated alkanes) is 20. The molecule has 30 heavy (non-hydrogen) atoms. The van der Waals surface area contributed by atoms with E-state index in [1.54, 1.807) is 0 Å². The van der Waals surface area contributed by atoms with Crippen molar-refractivity contribution < 1.29 is 0 Å². The molecule has 0 fully saturated rings. The van der Waals surface area contributed by atoms with Crippen molar-refractivity contribution in [2.45, 2.75) is 188 Å². The number of hydrogen-bond acceptors (Lipinski definition) is 0. The van der Waals surface area contributed by atoms with Gasteiger partial charge in [-0.15, -0.1) is 0 Å². The Morgan fingerprint density at radius 3 is 0.767 bits per heavy atom. The zero-order valence-corrected chi connectivity index (χ0v) is 22.0. The van der Waals surface area contributed by atoms with E-state index in [0.29, 0.717) is 0 Å².